The number of rotatable bonds is 15. The quantitative estimate of drug-likeness (QED) is 0.0596. The number of hydrogen-bond donors (Lipinski definition) is 5. The highest BCUT2D eigenvalue weighted by atomic mass is 35.5. The zero-order valence-corrected chi connectivity index (χ0v) is 74.4. The average Bonchev–Trinajstić information content (AvgIpc) is 1.70. The molecule has 660 valence electrons. The molecule has 0 saturated heterocycles. The van der Waals surface area contributed by atoms with E-state index >= 15 is 0 Å². The lowest BCUT2D eigenvalue weighted by Crippen LogP contribution is -2.15. The van der Waals surface area contributed by atoms with Crippen LogP contribution in [0.5, 0.6) is 0 Å². The van der Waals surface area contributed by atoms with Crippen molar-refractivity contribution in [3.63, 3.8) is 0 Å². The molecule has 0 radical (unpaired) electrons. The zero-order chi connectivity index (χ0) is 93.3. The van der Waals surface area contributed by atoms with E-state index in [1.165, 1.54) is 60.8 Å². The fraction of sp³-hybridized carbons (Fsp3) is 0.0300. The smallest absolute Gasteiger partial charge is 0.267 e. The van der Waals surface area contributed by atoms with Crippen LogP contribution in [-0.2, 0) is 0 Å². The van der Waals surface area contributed by atoms with Gasteiger partial charge in [0.1, 0.15) is 72.7 Å². The van der Waals surface area contributed by atoms with Crippen molar-refractivity contribution in [2.24, 2.45) is 0 Å². The SMILES string of the molecule is Cc1nc2cc(Cl)c(-c3ccc(NC(=O)c4c(F)cccc4F)cc3)cc2o1.Cc1nc2cc(Cl)c(-c3ccc(NC(=O)c4scnc4C)cc3)cc2o1.O=C(Nc1ccc(-c2cc3ncoc3cc2Cl)cc1)c1c(F)cccc1F.O=C(Nc1ccc(-c2cc3ncoc3cc2Cl)cc1)c1ccccc1Cl.O=C(Nc1ccc(-c2cc3ncoc3cc2Cl)cc1)c1ccccc1F. The number of hydrogen-bond acceptors (Lipinski definition) is 17. The fourth-order valence-corrected chi connectivity index (χ4v) is 16.0. The molecule has 0 fully saturated rings. The molecule has 20 rings (SSSR count). The van der Waals surface area contributed by atoms with E-state index in [1.54, 1.807) is 153 Å². The minimum atomic E-state index is -0.920. The van der Waals surface area contributed by atoms with Crippen molar-refractivity contribution < 1.29 is 68.0 Å². The first-order valence-corrected chi connectivity index (χ1v) is 42.9. The molecule has 133 heavy (non-hydrogen) atoms. The summed E-state index contributed by atoms with van der Waals surface area (Å²) in [5.41, 5.74) is 19.2. The lowest BCUT2D eigenvalue weighted by atomic mass is 10.0. The maximum absolute atomic E-state index is 13.7. The number of aryl methyl sites for hydroxylation is 3. The van der Waals surface area contributed by atoms with Crippen LogP contribution in [0.2, 0.25) is 30.1 Å². The van der Waals surface area contributed by atoms with Gasteiger partial charge >= 0.3 is 0 Å². The number of amides is 5. The van der Waals surface area contributed by atoms with Crippen molar-refractivity contribution in [1.82, 2.24) is 29.9 Å². The van der Waals surface area contributed by atoms with Crippen LogP contribution in [0.1, 0.15) is 68.6 Å². The molecule has 6 aromatic heterocycles. The van der Waals surface area contributed by atoms with E-state index in [9.17, 15) is 45.9 Å². The predicted molar refractivity (Wildman–Crippen MR) is 509 cm³/mol. The molecule has 0 atom stereocenters. The van der Waals surface area contributed by atoms with Gasteiger partial charge in [-0.2, -0.15) is 0 Å². The first-order chi connectivity index (χ1) is 64.2. The van der Waals surface area contributed by atoms with Gasteiger partial charge in [-0.1, -0.05) is 167 Å². The number of benzene rings is 14. The molecule has 0 unspecified atom stereocenters. The number of fused-ring (bicyclic) bond motifs is 5. The van der Waals surface area contributed by atoms with Crippen LogP contribution in [0.4, 0.5) is 50.4 Å². The van der Waals surface area contributed by atoms with Gasteiger partial charge in [0.15, 0.2) is 58.9 Å². The van der Waals surface area contributed by atoms with Crippen molar-refractivity contribution in [1.29, 1.82) is 0 Å². The second kappa shape index (κ2) is 40.4. The Labute approximate surface area is 785 Å². The summed E-state index contributed by atoms with van der Waals surface area (Å²) < 4.78 is 95.4. The largest absolute Gasteiger partial charge is 0.443 e. The van der Waals surface area contributed by atoms with Gasteiger partial charge in [0.05, 0.1) is 52.5 Å². The molecule has 0 aliphatic rings. The minimum absolute atomic E-state index is 0.00361. The highest BCUT2D eigenvalue weighted by Gasteiger charge is 2.23. The predicted octanol–water partition coefficient (Wildman–Crippen LogP) is 28.7. The molecule has 14 aromatic carbocycles. The van der Waals surface area contributed by atoms with E-state index in [0.717, 1.165) is 96.6 Å². The summed E-state index contributed by atoms with van der Waals surface area (Å²) in [6, 6.07) is 72.6. The van der Waals surface area contributed by atoms with Gasteiger partial charge < -0.3 is 48.7 Å². The Hall–Kier alpha value is -15.2. The Bertz CT molecular complexity index is 7600. The van der Waals surface area contributed by atoms with E-state index in [4.69, 9.17) is 91.7 Å². The van der Waals surface area contributed by atoms with Crippen molar-refractivity contribution in [2.75, 3.05) is 26.6 Å². The number of aromatic nitrogens is 6. The molecule has 20 aromatic rings. The number of nitrogens with zero attached hydrogens (tertiary/aromatic N) is 6. The first kappa shape index (κ1) is 91.1. The maximum Gasteiger partial charge on any atom is 0.267 e. The Morgan fingerprint density at radius 2 is 0.594 bits per heavy atom. The van der Waals surface area contributed by atoms with E-state index in [0.29, 0.717) is 125 Å². The molecule has 0 aliphatic heterocycles. The van der Waals surface area contributed by atoms with Crippen LogP contribution in [0.3, 0.4) is 0 Å². The highest BCUT2D eigenvalue weighted by molar-refractivity contribution is 7.12. The van der Waals surface area contributed by atoms with Gasteiger partial charge in [0.2, 0.25) is 0 Å². The summed E-state index contributed by atoms with van der Waals surface area (Å²) in [5, 5.41) is 16.5. The van der Waals surface area contributed by atoms with Gasteiger partial charge in [-0.05, 0) is 186 Å². The Balaban J connectivity index is 0.000000121. The van der Waals surface area contributed by atoms with E-state index in [1.807, 2.05) is 85.8 Å². The number of thiazole rings is 1. The monoisotopic (exact) mass is 1910 g/mol. The molecule has 21 nitrogen and oxygen atoms in total. The molecule has 0 saturated carbocycles. The lowest BCUT2D eigenvalue weighted by Gasteiger charge is -2.09. The first-order valence-electron chi connectivity index (χ1n) is 39.8. The maximum atomic E-state index is 13.7. The molecular formula is C100H62Cl6F5N11O10S. The van der Waals surface area contributed by atoms with Crippen LogP contribution < -0.4 is 26.6 Å². The molecule has 5 amide bonds. The summed E-state index contributed by atoms with van der Waals surface area (Å²) in [7, 11) is 0. The third-order valence-corrected chi connectivity index (χ3v) is 23.1. The number of anilines is 5. The molecule has 33 heteroatoms. The molecule has 6 heterocycles. The lowest BCUT2D eigenvalue weighted by molar-refractivity contribution is 0.101. The summed E-state index contributed by atoms with van der Waals surface area (Å²) in [5.74, 6) is -5.74. The number of halogens is 11. The van der Waals surface area contributed by atoms with Gasteiger partial charge in [0, 0.05) is 88.3 Å². The Morgan fingerprint density at radius 1 is 0.293 bits per heavy atom. The van der Waals surface area contributed by atoms with E-state index in [2.05, 4.69) is 56.5 Å². The number of oxazole rings is 5. The van der Waals surface area contributed by atoms with Crippen molar-refractivity contribution in [3.8, 4) is 55.6 Å². The number of nitrogens with one attached hydrogen (secondary N) is 5. The average molecular weight is 1920 g/mol. The summed E-state index contributed by atoms with van der Waals surface area (Å²) in [4.78, 5) is 86.7. The molecular weight excluding hydrogens is 1850 g/mol. The van der Waals surface area contributed by atoms with Crippen LogP contribution in [0.15, 0.2) is 314 Å². The van der Waals surface area contributed by atoms with E-state index in [-0.39, 0.29) is 17.4 Å². The molecule has 0 bridgehead atoms. The molecule has 0 aliphatic carbocycles. The van der Waals surface area contributed by atoms with Gasteiger partial charge in [-0.3, -0.25) is 24.0 Å². The standard InChI is InChI=1S/C21H13ClF2N2O2.C20H12Cl2N2O2.C20H11ClF2N2O2.C20H12ClFN2O2.C19H14ClN3O2S/c1-11-25-18-10-15(22)14(9-19(18)28-11)12-5-7-13(8-6-12)26-21(27)20-16(23)3-2-4-17(20)24;21-16-4-2-1-3-14(16)20(25)24-13-7-5-12(6-8-13)15-9-18-19(10-17(15)22)26-11-23-18;21-14-9-18-17(24-10-27-18)8-13(14)11-4-6-12(7-5-11)25-20(26)19-15(22)2-1-3-16(19)23;21-16-10-19-18(23-11-26-19)9-15(16)12-5-7-13(8-6-12)24-20(25)14-3-1-2-4-17(14)22;1-10-18(26-9-21-10)19(24)23-13-5-3-12(4-6-13)14-7-17-16(8-15(14)20)22-11(2)25-17/h2-10H,1H3,(H,26,27);1-11H,(H,24,25);1-10H,(H,25,26);1-11H,(H,24,25);3-9H,1-2H3,(H,23,24). The van der Waals surface area contributed by atoms with Crippen molar-refractivity contribution >= 4 is 194 Å². The van der Waals surface area contributed by atoms with Gasteiger partial charge in [-0.25, -0.2) is 51.9 Å². The zero-order valence-electron chi connectivity index (χ0n) is 69.0. The Kier molecular flexibility index (Phi) is 27.7. The normalized spacial score (nSPS) is 10.9. The number of carbonyl (C=O) groups excluding carboxylic acids is 5. The highest BCUT2D eigenvalue weighted by Crippen LogP contribution is 2.40. The van der Waals surface area contributed by atoms with Crippen LogP contribution in [0, 0.1) is 49.9 Å². The molecule has 0 spiro atoms. The van der Waals surface area contributed by atoms with Crippen LogP contribution >= 0.6 is 80.9 Å². The van der Waals surface area contributed by atoms with Crippen LogP contribution in [-0.4, -0.2) is 59.4 Å². The Morgan fingerprint density at radius 3 is 0.932 bits per heavy atom. The van der Waals surface area contributed by atoms with Gasteiger partial charge in [0.25, 0.3) is 29.5 Å². The third-order valence-electron chi connectivity index (χ3n) is 20.3. The van der Waals surface area contributed by atoms with Crippen molar-refractivity contribution in [2.45, 2.75) is 20.8 Å². The van der Waals surface area contributed by atoms with Crippen LogP contribution in [0.25, 0.3) is 111 Å². The summed E-state index contributed by atoms with van der Waals surface area (Å²) in [6.07, 6.45) is 4.09. The minimum Gasteiger partial charge on any atom is -0.443 e. The topological polar surface area (TPSA) is 289 Å². The fourth-order valence-electron chi connectivity index (χ4n) is 13.7. The second-order valence-corrected chi connectivity index (χ2v) is 32.4. The number of carbonyl (C=O) groups is 5. The third kappa shape index (κ3) is 21.3. The second-order valence-electron chi connectivity index (χ2n) is 29.1. The van der Waals surface area contributed by atoms with E-state index < -0.39 is 57.9 Å². The summed E-state index contributed by atoms with van der Waals surface area (Å²) in [6.45, 7) is 5.37. The van der Waals surface area contributed by atoms with Gasteiger partial charge in [-0.15, -0.1) is 11.3 Å². The summed E-state index contributed by atoms with van der Waals surface area (Å²) >= 11 is 39.1. The molecule has 5 N–H and O–H groups in total. The van der Waals surface area contributed by atoms with Crippen molar-refractivity contribution in [3.05, 3.63) is 395 Å².